The average Bonchev–Trinajstić information content (AvgIpc) is 3.32. The second-order valence-electron chi connectivity index (χ2n) is 9.16. The number of aryl methyl sites for hydroxylation is 1. The fourth-order valence-corrected chi connectivity index (χ4v) is 6.67. The van der Waals surface area contributed by atoms with Crippen LogP contribution in [0.4, 0.5) is 10.8 Å². The molecule has 0 saturated carbocycles. The van der Waals surface area contributed by atoms with Gasteiger partial charge in [0.25, 0.3) is 15.9 Å². The second kappa shape index (κ2) is 11.3. The van der Waals surface area contributed by atoms with Crippen LogP contribution in [-0.4, -0.2) is 63.5 Å². The summed E-state index contributed by atoms with van der Waals surface area (Å²) in [6, 6.07) is 18.9. The first kappa shape index (κ1) is 26.4. The zero-order valence-electron chi connectivity index (χ0n) is 20.9. The number of carbonyl (C=O) groups excluding carboxylic acids is 1. The van der Waals surface area contributed by atoms with Gasteiger partial charge in [0.1, 0.15) is 0 Å². The largest absolute Gasteiger partial charge is 0.351 e. The number of anilines is 2. The van der Waals surface area contributed by atoms with Crippen LogP contribution in [-0.2, 0) is 10.0 Å². The van der Waals surface area contributed by atoms with Crippen molar-refractivity contribution in [3.05, 3.63) is 82.9 Å². The maximum atomic E-state index is 12.9. The molecule has 11 heteroatoms. The van der Waals surface area contributed by atoms with E-state index in [1.54, 1.807) is 59.9 Å². The summed E-state index contributed by atoms with van der Waals surface area (Å²) in [5.41, 5.74) is 2.45. The Hall–Kier alpha value is -3.18. The quantitative estimate of drug-likeness (QED) is 0.322. The van der Waals surface area contributed by atoms with Gasteiger partial charge in [-0.05, 0) is 49.4 Å². The number of thiazole rings is 1. The van der Waals surface area contributed by atoms with Gasteiger partial charge in [0.2, 0.25) is 0 Å². The van der Waals surface area contributed by atoms with E-state index in [0.29, 0.717) is 18.1 Å². The van der Waals surface area contributed by atoms with Crippen LogP contribution in [0, 0.1) is 6.92 Å². The van der Waals surface area contributed by atoms with Crippen molar-refractivity contribution in [2.24, 2.45) is 0 Å². The van der Waals surface area contributed by atoms with Gasteiger partial charge < -0.3 is 10.2 Å². The van der Waals surface area contributed by atoms with Gasteiger partial charge in [0.15, 0.2) is 5.13 Å². The lowest BCUT2D eigenvalue weighted by Crippen LogP contribution is -2.48. The van der Waals surface area contributed by atoms with Crippen LogP contribution < -0.4 is 14.9 Å². The van der Waals surface area contributed by atoms with Crippen molar-refractivity contribution >= 4 is 59.9 Å². The lowest BCUT2D eigenvalue weighted by atomic mass is 10.1. The number of hydrogen-bond donors (Lipinski definition) is 2. The van der Waals surface area contributed by atoms with E-state index < -0.39 is 10.0 Å². The SMILES string of the molecule is Cc1ccc(S(=O)(=O)Nc2ccccc2C(=O)NCCN2CCN(c3nc4ccc(Cl)cc4s3)CC2)cc1. The van der Waals surface area contributed by atoms with Crippen LogP contribution in [0.2, 0.25) is 5.02 Å². The summed E-state index contributed by atoms with van der Waals surface area (Å²) in [6.45, 7) is 6.47. The molecule has 1 aliphatic heterocycles. The first-order chi connectivity index (χ1) is 18.3. The molecule has 2 heterocycles. The van der Waals surface area contributed by atoms with Gasteiger partial charge in [-0.25, -0.2) is 13.4 Å². The Bertz CT molecular complexity index is 1550. The summed E-state index contributed by atoms with van der Waals surface area (Å²) in [5.74, 6) is -0.320. The highest BCUT2D eigenvalue weighted by Crippen LogP contribution is 2.31. The van der Waals surface area contributed by atoms with E-state index >= 15 is 0 Å². The molecule has 8 nitrogen and oxygen atoms in total. The van der Waals surface area contributed by atoms with Crippen molar-refractivity contribution in [2.45, 2.75) is 11.8 Å². The van der Waals surface area contributed by atoms with E-state index in [1.807, 2.05) is 25.1 Å². The maximum Gasteiger partial charge on any atom is 0.261 e. The van der Waals surface area contributed by atoms with Gasteiger partial charge in [-0.3, -0.25) is 14.4 Å². The molecular formula is C27H28ClN5O3S2. The number of para-hydroxylation sites is 1. The number of amides is 1. The molecule has 3 aromatic carbocycles. The van der Waals surface area contributed by atoms with Gasteiger partial charge >= 0.3 is 0 Å². The zero-order valence-corrected chi connectivity index (χ0v) is 23.2. The van der Waals surface area contributed by atoms with Crippen molar-refractivity contribution in [3.63, 3.8) is 0 Å². The summed E-state index contributed by atoms with van der Waals surface area (Å²) >= 11 is 7.76. The second-order valence-corrected chi connectivity index (χ2v) is 12.3. The van der Waals surface area contributed by atoms with E-state index in [0.717, 1.165) is 47.1 Å². The molecule has 0 bridgehead atoms. The minimum atomic E-state index is -3.82. The molecule has 2 N–H and O–H groups in total. The van der Waals surface area contributed by atoms with Gasteiger partial charge in [0, 0.05) is 44.3 Å². The van der Waals surface area contributed by atoms with Crippen LogP contribution in [0.5, 0.6) is 0 Å². The number of carbonyl (C=O) groups is 1. The molecule has 1 saturated heterocycles. The molecule has 1 fully saturated rings. The number of nitrogens with one attached hydrogen (secondary N) is 2. The van der Waals surface area contributed by atoms with Gasteiger partial charge in [-0.15, -0.1) is 0 Å². The van der Waals surface area contributed by atoms with Crippen LogP contribution in [0.1, 0.15) is 15.9 Å². The summed E-state index contributed by atoms with van der Waals surface area (Å²) in [4.78, 5) is 22.4. The van der Waals surface area contributed by atoms with E-state index in [-0.39, 0.29) is 22.1 Å². The predicted molar refractivity (Wildman–Crippen MR) is 154 cm³/mol. The van der Waals surface area contributed by atoms with Crippen LogP contribution in [0.15, 0.2) is 71.6 Å². The summed E-state index contributed by atoms with van der Waals surface area (Å²) in [7, 11) is -3.82. The average molecular weight is 570 g/mol. The molecule has 1 aliphatic rings. The molecule has 0 atom stereocenters. The first-order valence-electron chi connectivity index (χ1n) is 12.3. The van der Waals surface area contributed by atoms with Gasteiger partial charge in [0.05, 0.1) is 26.4 Å². The fraction of sp³-hybridized carbons (Fsp3) is 0.259. The topological polar surface area (TPSA) is 94.6 Å². The molecule has 198 valence electrons. The van der Waals surface area contributed by atoms with Gasteiger partial charge in [-0.1, -0.05) is 52.8 Å². The van der Waals surface area contributed by atoms with E-state index in [9.17, 15) is 13.2 Å². The molecular weight excluding hydrogens is 542 g/mol. The fourth-order valence-electron chi connectivity index (χ4n) is 4.30. The number of benzene rings is 3. The molecule has 4 aromatic rings. The van der Waals surface area contributed by atoms with Crippen LogP contribution in [0.3, 0.4) is 0 Å². The number of rotatable bonds is 8. The molecule has 0 unspecified atom stereocenters. The van der Waals surface area contributed by atoms with Crippen molar-refractivity contribution in [1.82, 2.24) is 15.2 Å². The minimum Gasteiger partial charge on any atom is -0.351 e. The Morgan fingerprint density at radius 1 is 1.03 bits per heavy atom. The van der Waals surface area contributed by atoms with Crippen molar-refractivity contribution in [3.8, 4) is 0 Å². The zero-order chi connectivity index (χ0) is 26.7. The van der Waals surface area contributed by atoms with E-state index in [1.165, 1.54) is 0 Å². The lowest BCUT2D eigenvalue weighted by Gasteiger charge is -2.34. The van der Waals surface area contributed by atoms with Crippen LogP contribution >= 0.6 is 22.9 Å². The number of piperazine rings is 1. The third-order valence-electron chi connectivity index (χ3n) is 6.44. The van der Waals surface area contributed by atoms with Crippen molar-refractivity contribution in [1.29, 1.82) is 0 Å². The molecule has 1 amide bonds. The number of hydrogen-bond acceptors (Lipinski definition) is 7. The summed E-state index contributed by atoms with van der Waals surface area (Å²) in [5, 5.41) is 4.65. The molecule has 0 aliphatic carbocycles. The van der Waals surface area contributed by atoms with E-state index in [2.05, 4.69) is 19.8 Å². The Morgan fingerprint density at radius 3 is 2.53 bits per heavy atom. The number of sulfonamides is 1. The standard InChI is InChI=1S/C27H28ClN5O3S2/c1-19-6-9-21(10-7-19)38(35,36)31-23-5-3-2-4-22(23)26(34)29-12-13-32-14-16-33(17-15-32)27-30-24-11-8-20(28)18-25(24)37-27/h2-11,18,31H,12-17H2,1H3,(H,29,34). The number of halogens is 1. The number of nitrogens with zero attached hydrogens (tertiary/aromatic N) is 3. The van der Waals surface area contributed by atoms with Gasteiger partial charge in [-0.2, -0.15) is 0 Å². The molecule has 5 rings (SSSR count). The molecule has 0 radical (unpaired) electrons. The highest BCUT2D eigenvalue weighted by Gasteiger charge is 2.21. The third-order valence-corrected chi connectivity index (χ3v) is 9.14. The lowest BCUT2D eigenvalue weighted by molar-refractivity contribution is 0.0948. The minimum absolute atomic E-state index is 0.145. The molecule has 0 spiro atoms. The Kier molecular flexibility index (Phi) is 7.85. The normalized spacial score (nSPS) is 14.5. The highest BCUT2D eigenvalue weighted by atomic mass is 35.5. The number of aromatic nitrogens is 1. The Labute approximate surface area is 231 Å². The Balaban J connectivity index is 1.14. The van der Waals surface area contributed by atoms with E-state index in [4.69, 9.17) is 16.6 Å². The smallest absolute Gasteiger partial charge is 0.261 e. The van der Waals surface area contributed by atoms with Crippen LogP contribution in [0.25, 0.3) is 10.2 Å². The highest BCUT2D eigenvalue weighted by molar-refractivity contribution is 7.92. The third kappa shape index (κ3) is 6.10. The number of fused-ring (bicyclic) bond motifs is 1. The Morgan fingerprint density at radius 2 is 1.76 bits per heavy atom. The predicted octanol–water partition coefficient (Wildman–Crippen LogP) is 4.61. The molecule has 38 heavy (non-hydrogen) atoms. The monoisotopic (exact) mass is 569 g/mol. The molecule has 1 aromatic heterocycles. The summed E-state index contributed by atoms with van der Waals surface area (Å²) in [6.07, 6.45) is 0. The summed E-state index contributed by atoms with van der Waals surface area (Å²) < 4.78 is 29.3. The van der Waals surface area contributed by atoms with Crippen molar-refractivity contribution < 1.29 is 13.2 Å². The first-order valence-corrected chi connectivity index (χ1v) is 15.0. The maximum absolute atomic E-state index is 12.9. The van der Waals surface area contributed by atoms with Crippen molar-refractivity contribution in [2.75, 3.05) is 48.9 Å².